The molecule has 1 aromatic heterocycles. The van der Waals surface area contributed by atoms with Gasteiger partial charge in [-0.1, -0.05) is 12.1 Å². The van der Waals surface area contributed by atoms with E-state index in [0.717, 1.165) is 49.3 Å². The number of ether oxygens (including phenoxy) is 2. The number of hydrogen-bond donors (Lipinski definition) is 0. The Balaban J connectivity index is 1.75. The standard InChI is InChI=1S/C18H23N3O2/c1-13-5-3-6-15-16(13)17(20-12-19-15)21-9-14(2)23-18(10-21)7-4-8-22-11-18/h3,5-6,12,14H,4,7-11H2,1-2H3/t14-,18+/m0/s1. The molecular weight excluding hydrogens is 290 g/mol. The normalized spacial score (nSPS) is 28.4. The van der Waals surface area contributed by atoms with E-state index < -0.39 is 0 Å². The molecule has 0 N–H and O–H groups in total. The number of hydrogen-bond acceptors (Lipinski definition) is 5. The SMILES string of the molecule is Cc1cccc2ncnc(N3C[C@H](C)O[C@]4(CCCOC4)C3)c12. The predicted octanol–water partition coefficient (Wildman–Crippen LogP) is 2.71. The number of anilines is 1. The average molecular weight is 313 g/mol. The zero-order valence-corrected chi connectivity index (χ0v) is 13.8. The van der Waals surface area contributed by atoms with E-state index in [1.54, 1.807) is 6.33 Å². The van der Waals surface area contributed by atoms with Crippen LogP contribution < -0.4 is 4.90 Å². The maximum absolute atomic E-state index is 6.30. The summed E-state index contributed by atoms with van der Waals surface area (Å²) in [4.78, 5) is 11.4. The second-order valence-electron chi connectivity index (χ2n) is 6.81. The van der Waals surface area contributed by atoms with Crippen molar-refractivity contribution in [3.63, 3.8) is 0 Å². The predicted molar refractivity (Wildman–Crippen MR) is 89.8 cm³/mol. The van der Waals surface area contributed by atoms with E-state index in [9.17, 15) is 0 Å². The fraction of sp³-hybridized carbons (Fsp3) is 0.556. The van der Waals surface area contributed by atoms with Gasteiger partial charge in [-0.25, -0.2) is 9.97 Å². The number of aromatic nitrogens is 2. The van der Waals surface area contributed by atoms with Crippen molar-refractivity contribution in [2.45, 2.75) is 38.4 Å². The first kappa shape index (κ1) is 14.8. The van der Waals surface area contributed by atoms with Gasteiger partial charge in [0.15, 0.2) is 0 Å². The van der Waals surface area contributed by atoms with Gasteiger partial charge in [-0.15, -0.1) is 0 Å². The third-order valence-electron chi connectivity index (χ3n) is 4.84. The van der Waals surface area contributed by atoms with E-state index >= 15 is 0 Å². The van der Waals surface area contributed by atoms with E-state index in [4.69, 9.17) is 9.47 Å². The van der Waals surface area contributed by atoms with Gasteiger partial charge in [0.2, 0.25) is 0 Å². The summed E-state index contributed by atoms with van der Waals surface area (Å²) in [5, 5.41) is 1.15. The molecule has 2 fully saturated rings. The highest BCUT2D eigenvalue weighted by molar-refractivity contribution is 5.92. The van der Waals surface area contributed by atoms with E-state index in [1.165, 1.54) is 5.56 Å². The van der Waals surface area contributed by atoms with Crippen LogP contribution in [0.4, 0.5) is 5.82 Å². The Morgan fingerprint density at radius 2 is 2.22 bits per heavy atom. The van der Waals surface area contributed by atoms with Gasteiger partial charge in [0.25, 0.3) is 0 Å². The van der Waals surface area contributed by atoms with Crippen molar-refractivity contribution in [1.82, 2.24) is 9.97 Å². The van der Waals surface area contributed by atoms with Crippen molar-refractivity contribution in [2.75, 3.05) is 31.2 Å². The van der Waals surface area contributed by atoms with E-state index in [-0.39, 0.29) is 11.7 Å². The van der Waals surface area contributed by atoms with Gasteiger partial charge in [0.1, 0.15) is 17.7 Å². The van der Waals surface area contributed by atoms with Gasteiger partial charge in [-0.2, -0.15) is 0 Å². The highest BCUT2D eigenvalue weighted by Crippen LogP contribution is 2.34. The Bertz CT molecular complexity index is 707. The maximum atomic E-state index is 6.30. The molecule has 2 saturated heterocycles. The lowest BCUT2D eigenvalue weighted by Crippen LogP contribution is -2.59. The molecular formula is C18H23N3O2. The largest absolute Gasteiger partial charge is 0.378 e. The van der Waals surface area contributed by atoms with Crippen LogP contribution >= 0.6 is 0 Å². The van der Waals surface area contributed by atoms with Crippen molar-refractivity contribution in [2.24, 2.45) is 0 Å². The fourth-order valence-corrected chi connectivity index (χ4v) is 3.93. The van der Waals surface area contributed by atoms with Gasteiger partial charge in [0, 0.05) is 18.5 Å². The van der Waals surface area contributed by atoms with E-state index in [1.807, 2.05) is 6.07 Å². The Morgan fingerprint density at radius 3 is 3.04 bits per heavy atom. The molecule has 122 valence electrons. The van der Waals surface area contributed by atoms with Crippen LogP contribution in [0.5, 0.6) is 0 Å². The van der Waals surface area contributed by atoms with Crippen LogP contribution in [0.2, 0.25) is 0 Å². The summed E-state index contributed by atoms with van der Waals surface area (Å²) >= 11 is 0. The van der Waals surface area contributed by atoms with Gasteiger partial charge in [0.05, 0.1) is 24.8 Å². The lowest BCUT2D eigenvalue weighted by atomic mass is 9.93. The van der Waals surface area contributed by atoms with Gasteiger partial charge in [-0.05, 0) is 38.3 Å². The molecule has 0 saturated carbocycles. The molecule has 2 aromatic rings. The lowest BCUT2D eigenvalue weighted by Gasteiger charge is -2.47. The summed E-state index contributed by atoms with van der Waals surface area (Å²) in [6, 6.07) is 6.22. The van der Waals surface area contributed by atoms with Crippen LogP contribution in [0.25, 0.3) is 10.9 Å². The van der Waals surface area contributed by atoms with Crippen LogP contribution in [0.15, 0.2) is 24.5 Å². The monoisotopic (exact) mass is 313 g/mol. The molecule has 5 nitrogen and oxygen atoms in total. The molecule has 23 heavy (non-hydrogen) atoms. The zero-order valence-electron chi connectivity index (χ0n) is 13.8. The fourth-order valence-electron chi connectivity index (χ4n) is 3.93. The summed E-state index contributed by atoms with van der Waals surface area (Å²) < 4.78 is 12.0. The summed E-state index contributed by atoms with van der Waals surface area (Å²) in [5.41, 5.74) is 2.02. The summed E-state index contributed by atoms with van der Waals surface area (Å²) in [6.45, 7) is 7.46. The van der Waals surface area contributed by atoms with E-state index in [2.05, 4.69) is 40.8 Å². The summed E-state index contributed by atoms with van der Waals surface area (Å²) in [5.74, 6) is 1.02. The molecule has 5 heteroatoms. The second kappa shape index (κ2) is 5.73. The first-order valence-corrected chi connectivity index (χ1v) is 8.38. The van der Waals surface area contributed by atoms with Crippen LogP contribution in [0, 0.1) is 6.92 Å². The maximum Gasteiger partial charge on any atom is 0.140 e. The quantitative estimate of drug-likeness (QED) is 0.810. The molecule has 2 atom stereocenters. The van der Waals surface area contributed by atoms with Crippen LogP contribution in [0.1, 0.15) is 25.3 Å². The number of rotatable bonds is 1. The van der Waals surface area contributed by atoms with Crippen molar-refractivity contribution >= 4 is 16.7 Å². The van der Waals surface area contributed by atoms with Gasteiger partial charge >= 0.3 is 0 Å². The minimum absolute atomic E-state index is 0.166. The highest BCUT2D eigenvalue weighted by atomic mass is 16.6. The first-order valence-electron chi connectivity index (χ1n) is 8.38. The lowest BCUT2D eigenvalue weighted by molar-refractivity contribution is -0.160. The molecule has 0 bridgehead atoms. The molecule has 2 aliphatic heterocycles. The first-order chi connectivity index (χ1) is 11.2. The molecule has 0 amide bonds. The molecule has 2 aliphatic rings. The van der Waals surface area contributed by atoms with Crippen LogP contribution in [-0.4, -0.2) is 48.0 Å². The Kier molecular flexibility index (Phi) is 3.70. The molecule has 1 aromatic carbocycles. The molecule has 4 rings (SSSR count). The van der Waals surface area contributed by atoms with Crippen molar-refractivity contribution in [3.8, 4) is 0 Å². The Hall–Kier alpha value is -1.72. The molecule has 0 aliphatic carbocycles. The van der Waals surface area contributed by atoms with Gasteiger partial charge in [-0.3, -0.25) is 0 Å². The van der Waals surface area contributed by atoms with E-state index in [0.29, 0.717) is 6.61 Å². The van der Waals surface area contributed by atoms with Gasteiger partial charge < -0.3 is 14.4 Å². The average Bonchev–Trinajstić information content (AvgIpc) is 2.54. The number of nitrogens with zero attached hydrogens (tertiary/aromatic N) is 3. The topological polar surface area (TPSA) is 47.5 Å². The van der Waals surface area contributed by atoms with Crippen molar-refractivity contribution < 1.29 is 9.47 Å². The smallest absolute Gasteiger partial charge is 0.140 e. The second-order valence-corrected chi connectivity index (χ2v) is 6.81. The molecule has 3 heterocycles. The third kappa shape index (κ3) is 2.68. The van der Waals surface area contributed by atoms with Crippen LogP contribution in [-0.2, 0) is 9.47 Å². The number of benzene rings is 1. The Labute approximate surface area is 136 Å². The molecule has 1 spiro atoms. The number of morpholine rings is 1. The third-order valence-corrected chi connectivity index (χ3v) is 4.84. The van der Waals surface area contributed by atoms with Crippen molar-refractivity contribution in [1.29, 1.82) is 0 Å². The molecule has 0 unspecified atom stereocenters. The van der Waals surface area contributed by atoms with Crippen LogP contribution in [0.3, 0.4) is 0 Å². The molecule has 0 radical (unpaired) electrons. The van der Waals surface area contributed by atoms with Crippen molar-refractivity contribution in [3.05, 3.63) is 30.1 Å². The minimum atomic E-state index is -0.199. The summed E-state index contributed by atoms with van der Waals surface area (Å²) in [6.07, 6.45) is 3.95. The minimum Gasteiger partial charge on any atom is -0.378 e. The number of aryl methyl sites for hydroxylation is 1. The summed E-state index contributed by atoms with van der Waals surface area (Å²) in [7, 11) is 0. The highest BCUT2D eigenvalue weighted by Gasteiger charge is 2.42. The zero-order chi connectivity index (χ0) is 15.9. The number of fused-ring (bicyclic) bond motifs is 1. The Morgan fingerprint density at radius 1 is 1.30 bits per heavy atom.